The summed E-state index contributed by atoms with van der Waals surface area (Å²) in [6.07, 6.45) is 0.229. The lowest BCUT2D eigenvalue weighted by Gasteiger charge is -2.36. The van der Waals surface area contributed by atoms with Gasteiger partial charge in [-0.1, -0.05) is 11.6 Å². The first-order valence-electron chi connectivity index (χ1n) is 6.19. The molecule has 1 fully saturated rings. The average molecular weight is 285 g/mol. The molecule has 1 aromatic rings. The predicted octanol–water partition coefficient (Wildman–Crippen LogP) is 2.36. The quantitative estimate of drug-likeness (QED) is 0.845. The van der Waals surface area contributed by atoms with Gasteiger partial charge in [0.05, 0.1) is 17.8 Å². The van der Waals surface area contributed by atoms with Crippen molar-refractivity contribution >= 4 is 23.4 Å². The molecule has 104 valence electrons. The largest absolute Gasteiger partial charge is 0.478 e. The summed E-state index contributed by atoms with van der Waals surface area (Å²) in [5, 5.41) is 9.11. The molecule has 6 heteroatoms. The normalized spacial score (nSPS) is 23.5. The van der Waals surface area contributed by atoms with E-state index in [0.717, 1.165) is 13.1 Å². The van der Waals surface area contributed by atoms with Crippen LogP contribution in [-0.4, -0.2) is 41.4 Å². The van der Waals surface area contributed by atoms with Gasteiger partial charge in [-0.05, 0) is 32.4 Å². The van der Waals surface area contributed by atoms with E-state index in [1.807, 2.05) is 13.8 Å². The molecule has 19 heavy (non-hydrogen) atoms. The maximum absolute atomic E-state index is 11.1. The highest BCUT2D eigenvalue weighted by molar-refractivity contribution is 6.32. The summed E-state index contributed by atoms with van der Waals surface area (Å²) in [4.78, 5) is 17.4. The number of halogens is 1. The third-order valence-corrected chi connectivity index (χ3v) is 3.39. The number of aromatic nitrogens is 1. The average Bonchev–Trinajstić information content (AvgIpc) is 2.25. The van der Waals surface area contributed by atoms with E-state index in [2.05, 4.69) is 9.88 Å². The molecule has 0 radical (unpaired) electrons. The van der Waals surface area contributed by atoms with Crippen molar-refractivity contribution in [3.05, 3.63) is 22.3 Å². The minimum Gasteiger partial charge on any atom is -0.478 e. The lowest BCUT2D eigenvalue weighted by atomic mass is 10.1. The predicted molar refractivity (Wildman–Crippen MR) is 73.2 cm³/mol. The first kappa shape index (κ1) is 14.1. The Balaban J connectivity index is 2.33. The molecule has 1 aliphatic rings. The van der Waals surface area contributed by atoms with Crippen LogP contribution in [0.15, 0.2) is 6.07 Å². The summed E-state index contributed by atoms with van der Waals surface area (Å²) in [6, 6.07) is 1.76. The van der Waals surface area contributed by atoms with Gasteiger partial charge in [-0.3, -0.25) is 0 Å². The number of pyridine rings is 1. The Morgan fingerprint density at radius 2 is 2.05 bits per heavy atom. The van der Waals surface area contributed by atoms with Crippen molar-refractivity contribution in [2.45, 2.75) is 33.0 Å². The van der Waals surface area contributed by atoms with E-state index in [4.69, 9.17) is 21.4 Å². The van der Waals surface area contributed by atoms with Crippen molar-refractivity contribution in [2.75, 3.05) is 18.0 Å². The summed E-state index contributed by atoms with van der Waals surface area (Å²) in [7, 11) is 0. The Kier molecular flexibility index (Phi) is 3.96. The van der Waals surface area contributed by atoms with Crippen LogP contribution in [-0.2, 0) is 4.74 Å². The van der Waals surface area contributed by atoms with Crippen LogP contribution in [0.4, 0.5) is 5.82 Å². The number of hydrogen-bond acceptors (Lipinski definition) is 4. The van der Waals surface area contributed by atoms with Gasteiger partial charge in [-0.15, -0.1) is 0 Å². The van der Waals surface area contributed by atoms with Crippen LogP contribution >= 0.6 is 11.6 Å². The molecule has 1 aliphatic heterocycles. The number of anilines is 1. The number of rotatable bonds is 2. The molecule has 0 aromatic carbocycles. The SMILES string of the molecule is Cc1cc(N2CC(C)OC(C)C2)nc(Cl)c1C(=O)O. The summed E-state index contributed by atoms with van der Waals surface area (Å²) in [5.41, 5.74) is 0.689. The first-order chi connectivity index (χ1) is 8.88. The number of ether oxygens (including phenoxy) is 1. The number of hydrogen-bond donors (Lipinski definition) is 1. The molecule has 1 N–H and O–H groups in total. The third-order valence-electron chi connectivity index (χ3n) is 3.12. The number of carbonyl (C=O) groups is 1. The van der Waals surface area contributed by atoms with E-state index < -0.39 is 5.97 Å². The fourth-order valence-corrected chi connectivity index (χ4v) is 2.72. The number of carboxylic acid groups (broad SMARTS) is 1. The van der Waals surface area contributed by atoms with Gasteiger partial charge >= 0.3 is 5.97 Å². The maximum Gasteiger partial charge on any atom is 0.339 e. The van der Waals surface area contributed by atoms with Crippen molar-refractivity contribution in [2.24, 2.45) is 0 Å². The zero-order valence-corrected chi connectivity index (χ0v) is 11.9. The standard InChI is InChI=1S/C13H17ClN2O3/c1-7-4-10(15-12(14)11(7)13(17)18)16-5-8(2)19-9(3)6-16/h4,8-9H,5-6H2,1-3H3,(H,17,18). The van der Waals surface area contributed by atoms with E-state index >= 15 is 0 Å². The molecule has 2 rings (SSSR count). The lowest BCUT2D eigenvalue weighted by molar-refractivity contribution is -0.00547. The molecule has 0 spiro atoms. The molecular weight excluding hydrogens is 268 g/mol. The van der Waals surface area contributed by atoms with Gasteiger partial charge in [0.2, 0.25) is 0 Å². The monoisotopic (exact) mass is 284 g/mol. The highest BCUT2D eigenvalue weighted by atomic mass is 35.5. The molecular formula is C13H17ClN2O3. The topological polar surface area (TPSA) is 62.7 Å². The van der Waals surface area contributed by atoms with Gasteiger partial charge in [0.25, 0.3) is 0 Å². The lowest BCUT2D eigenvalue weighted by Crippen LogP contribution is -2.45. The Hall–Kier alpha value is -1.33. The van der Waals surface area contributed by atoms with E-state index in [1.54, 1.807) is 13.0 Å². The van der Waals surface area contributed by atoms with E-state index in [9.17, 15) is 4.79 Å². The zero-order valence-electron chi connectivity index (χ0n) is 11.2. The van der Waals surface area contributed by atoms with Crippen LogP contribution in [0, 0.1) is 6.92 Å². The van der Waals surface area contributed by atoms with Crippen molar-refractivity contribution in [1.29, 1.82) is 0 Å². The Morgan fingerprint density at radius 3 is 2.53 bits per heavy atom. The molecule has 1 saturated heterocycles. The number of nitrogens with zero attached hydrogens (tertiary/aromatic N) is 2. The van der Waals surface area contributed by atoms with Crippen LogP contribution in [0.2, 0.25) is 5.15 Å². The van der Waals surface area contributed by atoms with Crippen molar-refractivity contribution in [3.63, 3.8) is 0 Å². The van der Waals surface area contributed by atoms with Gasteiger partial charge in [-0.25, -0.2) is 9.78 Å². The number of carboxylic acids is 1. The van der Waals surface area contributed by atoms with Crippen molar-refractivity contribution < 1.29 is 14.6 Å². The summed E-state index contributed by atoms with van der Waals surface area (Å²) >= 11 is 5.97. The fourth-order valence-electron chi connectivity index (χ4n) is 2.40. The Labute approximate surface area is 117 Å². The molecule has 5 nitrogen and oxygen atoms in total. The summed E-state index contributed by atoms with van der Waals surface area (Å²) in [6.45, 7) is 7.18. The molecule has 0 aliphatic carbocycles. The third kappa shape index (κ3) is 2.98. The Bertz CT molecular complexity index is 474. The smallest absolute Gasteiger partial charge is 0.339 e. The molecule has 2 unspecified atom stereocenters. The maximum atomic E-state index is 11.1. The van der Waals surface area contributed by atoms with Gasteiger partial charge in [0, 0.05) is 13.1 Å². The van der Waals surface area contributed by atoms with E-state index in [0.29, 0.717) is 11.4 Å². The molecule has 0 amide bonds. The Morgan fingerprint density at radius 1 is 1.47 bits per heavy atom. The van der Waals surface area contributed by atoms with E-state index in [-0.39, 0.29) is 22.9 Å². The van der Waals surface area contributed by atoms with Crippen LogP contribution in [0.25, 0.3) is 0 Å². The highest BCUT2D eigenvalue weighted by Crippen LogP contribution is 2.25. The second-order valence-electron chi connectivity index (χ2n) is 4.93. The molecule has 2 heterocycles. The van der Waals surface area contributed by atoms with Gasteiger partial charge in [-0.2, -0.15) is 0 Å². The number of aromatic carboxylic acids is 1. The minimum absolute atomic E-state index is 0.0364. The van der Waals surface area contributed by atoms with Crippen LogP contribution in [0.1, 0.15) is 29.8 Å². The van der Waals surface area contributed by atoms with Gasteiger partial charge in [0.1, 0.15) is 11.0 Å². The molecule has 1 aromatic heterocycles. The fraction of sp³-hybridized carbons (Fsp3) is 0.538. The van der Waals surface area contributed by atoms with Crippen LogP contribution < -0.4 is 4.90 Å². The van der Waals surface area contributed by atoms with Gasteiger partial charge in [0.15, 0.2) is 0 Å². The second kappa shape index (κ2) is 5.35. The zero-order chi connectivity index (χ0) is 14.2. The summed E-state index contributed by atoms with van der Waals surface area (Å²) in [5.74, 6) is -0.347. The first-order valence-corrected chi connectivity index (χ1v) is 6.57. The number of morpholine rings is 1. The summed E-state index contributed by atoms with van der Waals surface area (Å²) < 4.78 is 5.66. The second-order valence-corrected chi connectivity index (χ2v) is 5.29. The van der Waals surface area contributed by atoms with Crippen molar-refractivity contribution in [3.8, 4) is 0 Å². The molecule has 0 saturated carbocycles. The van der Waals surface area contributed by atoms with E-state index in [1.165, 1.54) is 0 Å². The van der Waals surface area contributed by atoms with Crippen molar-refractivity contribution in [1.82, 2.24) is 4.98 Å². The van der Waals surface area contributed by atoms with Gasteiger partial charge < -0.3 is 14.7 Å². The molecule has 0 bridgehead atoms. The number of aryl methyl sites for hydroxylation is 1. The van der Waals surface area contributed by atoms with Crippen LogP contribution in [0.5, 0.6) is 0 Å². The minimum atomic E-state index is -1.05. The molecule has 2 atom stereocenters. The van der Waals surface area contributed by atoms with Crippen LogP contribution in [0.3, 0.4) is 0 Å². The highest BCUT2D eigenvalue weighted by Gasteiger charge is 2.25.